The van der Waals surface area contributed by atoms with E-state index in [0.29, 0.717) is 6.42 Å². The third-order valence-corrected chi connectivity index (χ3v) is 5.67. The Labute approximate surface area is 176 Å². The largest absolute Gasteiger partial charge is 0.446 e. The van der Waals surface area contributed by atoms with Crippen LogP contribution in [0.25, 0.3) is 12.2 Å². The molecular weight excluding hydrogens is 432 g/mol. The highest BCUT2D eigenvalue weighted by Crippen LogP contribution is 2.43. The van der Waals surface area contributed by atoms with Gasteiger partial charge in [0.15, 0.2) is 0 Å². The van der Waals surface area contributed by atoms with Crippen LogP contribution in [0.1, 0.15) is 48.9 Å². The van der Waals surface area contributed by atoms with Crippen LogP contribution in [0.15, 0.2) is 36.4 Å². The van der Waals surface area contributed by atoms with Crippen molar-refractivity contribution in [1.82, 2.24) is 0 Å². The van der Waals surface area contributed by atoms with E-state index in [4.69, 9.17) is 9.11 Å². The molecule has 1 aliphatic carbocycles. The second kappa shape index (κ2) is 7.69. The zero-order chi connectivity index (χ0) is 22.3. The quantitative estimate of drug-likeness (QED) is 0.666. The van der Waals surface area contributed by atoms with E-state index in [2.05, 4.69) is 8.37 Å². The van der Waals surface area contributed by atoms with Crippen LogP contribution in [-0.4, -0.2) is 25.9 Å². The maximum absolute atomic E-state index is 11.1. The van der Waals surface area contributed by atoms with E-state index in [1.165, 1.54) is 12.1 Å². The van der Waals surface area contributed by atoms with E-state index >= 15 is 0 Å². The molecule has 0 saturated heterocycles. The molecule has 2 N–H and O–H groups in total. The number of rotatable bonds is 4. The molecule has 1 unspecified atom stereocenters. The molecular formula is C20H22O8S2. The van der Waals surface area contributed by atoms with Gasteiger partial charge in [-0.2, -0.15) is 16.8 Å². The Morgan fingerprint density at radius 2 is 1.33 bits per heavy atom. The van der Waals surface area contributed by atoms with Crippen molar-refractivity contribution in [1.29, 1.82) is 0 Å². The minimum Gasteiger partial charge on any atom is -0.362 e. The molecule has 8 nitrogen and oxygen atoms in total. The summed E-state index contributed by atoms with van der Waals surface area (Å²) in [4.78, 5) is 0. The van der Waals surface area contributed by atoms with Gasteiger partial charge in [-0.05, 0) is 64.3 Å². The van der Waals surface area contributed by atoms with Crippen molar-refractivity contribution >= 4 is 33.0 Å². The summed E-state index contributed by atoms with van der Waals surface area (Å²) in [7, 11) is -9.31. The van der Waals surface area contributed by atoms with Crippen LogP contribution in [0.4, 0.5) is 0 Å². The summed E-state index contributed by atoms with van der Waals surface area (Å²) < 4.78 is 71.6. The van der Waals surface area contributed by atoms with Crippen molar-refractivity contribution in [2.75, 3.05) is 0 Å². The van der Waals surface area contributed by atoms with Crippen molar-refractivity contribution in [3.63, 3.8) is 0 Å². The maximum atomic E-state index is 11.1. The van der Waals surface area contributed by atoms with Gasteiger partial charge in [0.2, 0.25) is 0 Å². The zero-order valence-electron chi connectivity index (χ0n) is 16.6. The molecule has 0 aliphatic heterocycles. The molecule has 0 bridgehead atoms. The van der Waals surface area contributed by atoms with E-state index < -0.39 is 20.8 Å². The highest BCUT2D eigenvalue weighted by Gasteiger charge is 2.30. The fourth-order valence-corrected chi connectivity index (χ4v) is 4.25. The molecule has 0 aromatic heterocycles. The third kappa shape index (κ3) is 5.60. The number of hydrogen-bond acceptors (Lipinski definition) is 6. The Morgan fingerprint density at radius 3 is 1.87 bits per heavy atom. The summed E-state index contributed by atoms with van der Waals surface area (Å²) in [6, 6.07) is 9.46. The molecule has 0 heterocycles. The van der Waals surface area contributed by atoms with Gasteiger partial charge in [0.1, 0.15) is 11.5 Å². The minimum atomic E-state index is -4.66. The van der Waals surface area contributed by atoms with E-state index in [9.17, 15) is 16.8 Å². The fraction of sp³-hybridized carbons (Fsp3) is 0.300. The smallest absolute Gasteiger partial charge is 0.362 e. The minimum absolute atomic E-state index is 0.0110. The van der Waals surface area contributed by atoms with Gasteiger partial charge >= 0.3 is 20.8 Å². The van der Waals surface area contributed by atoms with Gasteiger partial charge in [0, 0.05) is 0 Å². The number of hydrogen-bond donors (Lipinski definition) is 2. The summed E-state index contributed by atoms with van der Waals surface area (Å²) in [5.74, 6) is -0.146. The average molecular weight is 455 g/mol. The summed E-state index contributed by atoms with van der Waals surface area (Å²) in [5.41, 5.74) is 3.05. The lowest BCUT2D eigenvalue weighted by molar-refractivity contribution is 0.316. The van der Waals surface area contributed by atoms with Crippen LogP contribution < -0.4 is 8.37 Å². The van der Waals surface area contributed by atoms with Gasteiger partial charge in [0.05, 0.1) is 0 Å². The van der Waals surface area contributed by atoms with Crippen molar-refractivity contribution < 1.29 is 34.3 Å². The van der Waals surface area contributed by atoms with Gasteiger partial charge in [-0.1, -0.05) is 45.1 Å². The summed E-state index contributed by atoms with van der Waals surface area (Å²) in [6.07, 6.45) is 4.20. The lowest BCUT2D eigenvalue weighted by Crippen LogP contribution is -2.23. The Morgan fingerprint density at radius 1 is 0.833 bits per heavy atom. The van der Waals surface area contributed by atoms with Crippen LogP contribution in [0.2, 0.25) is 0 Å². The summed E-state index contributed by atoms with van der Waals surface area (Å²) >= 11 is 0. The third-order valence-electron chi connectivity index (χ3n) is 4.86. The van der Waals surface area contributed by atoms with Crippen LogP contribution in [-0.2, 0) is 27.2 Å². The topological polar surface area (TPSA) is 127 Å². The summed E-state index contributed by atoms with van der Waals surface area (Å²) in [6.45, 7) is 6.09. The number of fused-ring (bicyclic) bond motifs is 2. The second-order valence-electron chi connectivity index (χ2n) is 8.13. The van der Waals surface area contributed by atoms with Gasteiger partial charge in [0.25, 0.3) is 0 Å². The maximum Gasteiger partial charge on any atom is 0.446 e. The monoisotopic (exact) mass is 454 g/mol. The fourth-order valence-electron chi connectivity index (χ4n) is 3.56. The SMILES string of the molecule is CC(C)(C)C1Cc2cc(OS(=O)(=O)O)ccc2/C=C\c2ccc(OS(=O)(=O)O)cc21. The highest BCUT2D eigenvalue weighted by atomic mass is 32.3. The first-order valence-corrected chi connectivity index (χ1v) is 11.7. The van der Waals surface area contributed by atoms with E-state index in [-0.39, 0.29) is 22.8 Å². The molecule has 162 valence electrons. The van der Waals surface area contributed by atoms with E-state index in [0.717, 1.165) is 22.3 Å². The van der Waals surface area contributed by atoms with Crippen LogP contribution >= 0.6 is 0 Å². The van der Waals surface area contributed by atoms with Crippen molar-refractivity contribution in [2.45, 2.75) is 33.1 Å². The average Bonchev–Trinajstić information content (AvgIpc) is 2.54. The van der Waals surface area contributed by atoms with Gasteiger partial charge in [-0.15, -0.1) is 0 Å². The molecule has 10 heteroatoms. The van der Waals surface area contributed by atoms with Crippen molar-refractivity contribution in [2.24, 2.45) is 5.41 Å². The van der Waals surface area contributed by atoms with Crippen LogP contribution in [0, 0.1) is 5.41 Å². The van der Waals surface area contributed by atoms with Crippen LogP contribution in [0.5, 0.6) is 11.5 Å². The molecule has 2 aromatic rings. The highest BCUT2D eigenvalue weighted by molar-refractivity contribution is 7.81. The van der Waals surface area contributed by atoms with Crippen molar-refractivity contribution in [3.05, 3.63) is 58.7 Å². The molecule has 3 rings (SSSR count). The number of benzene rings is 2. The lowest BCUT2D eigenvalue weighted by Gasteiger charge is -2.34. The molecule has 2 aromatic carbocycles. The standard InChI is InChI=1S/C20H22O8S2/c1-20(2,3)19-11-15-10-16(27-29(21,22)23)8-6-13(15)4-5-14-7-9-17(12-18(14)19)28-30(24,25)26/h4-10,12,19H,11H2,1-3H3,(H,21,22,23)(H,24,25,26)/b5-4-. The predicted octanol–water partition coefficient (Wildman–Crippen LogP) is 3.91. The van der Waals surface area contributed by atoms with E-state index in [1.807, 2.05) is 32.9 Å². The molecule has 0 radical (unpaired) electrons. The summed E-state index contributed by atoms with van der Waals surface area (Å²) in [5, 5.41) is 0. The predicted molar refractivity (Wildman–Crippen MR) is 112 cm³/mol. The van der Waals surface area contributed by atoms with Crippen molar-refractivity contribution in [3.8, 4) is 11.5 Å². The first-order chi connectivity index (χ1) is 13.7. The normalized spacial score (nSPS) is 17.8. The first kappa shape index (κ1) is 22.3. The van der Waals surface area contributed by atoms with Gasteiger partial charge in [-0.3, -0.25) is 9.11 Å². The first-order valence-electron chi connectivity index (χ1n) is 9.00. The Balaban J connectivity index is 2.13. The Bertz CT molecular complexity index is 1210. The molecule has 1 aliphatic rings. The Kier molecular flexibility index (Phi) is 5.72. The molecule has 30 heavy (non-hydrogen) atoms. The van der Waals surface area contributed by atoms with Crippen LogP contribution in [0.3, 0.4) is 0 Å². The zero-order valence-corrected chi connectivity index (χ0v) is 18.2. The molecule has 1 atom stereocenters. The lowest BCUT2D eigenvalue weighted by atomic mass is 9.71. The van der Waals surface area contributed by atoms with Gasteiger partial charge < -0.3 is 8.37 Å². The molecule has 0 amide bonds. The van der Waals surface area contributed by atoms with Gasteiger partial charge in [-0.25, -0.2) is 0 Å². The molecule has 0 spiro atoms. The Hall–Kier alpha value is -2.40. The molecule has 0 saturated carbocycles. The second-order valence-corrected chi connectivity index (χ2v) is 10.2. The molecule has 0 fully saturated rings. The van der Waals surface area contributed by atoms with E-state index in [1.54, 1.807) is 24.3 Å².